The highest BCUT2D eigenvalue weighted by molar-refractivity contribution is 5.12. The molecule has 2 aromatic heterocycles. The standard InChI is InChI=1S/C18H24N4O2/c1-14-9-15(21(2)20-14)11-22-12-18(13-22)10-16(6-8-23-18)24-17-5-3-4-7-19-17/h3-5,7,9,16H,6,8,10-13H2,1-2H3. The van der Waals surface area contributed by atoms with Gasteiger partial charge in [-0.15, -0.1) is 0 Å². The van der Waals surface area contributed by atoms with Gasteiger partial charge in [0.25, 0.3) is 0 Å². The Labute approximate surface area is 142 Å². The lowest BCUT2D eigenvalue weighted by atomic mass is 9.84. The molecule has 0 aromatic carbocycles. The molecule has 1 unspecified atom stereocenters. The Balaban J connectivity index is 1.33. The molecule has 6 heteroatoms. The number of aryl methyl sites for hydroxylation is 2. The number of hydrogen-bond acceptors (Lipinski definition) is 5. The number of nitrogens with zero attached hydrogens (tertiary/aromatic N) is 4. The molecule has 128 valence electrons. The SMILES string of the molecule is Cc1cc(CN2CC3(CC(Oc4ccccn4)CCO3)C2)n(C)n1. The van der Waals surface area contributed by atoms with Crippen LogP contribution in [0.15, 0.2) is 30.5 Å². The molecule has 4 heterocycles. The largest absolute Gasteiger partial charge is 0.474 e. The van der Waals surface area contributed by atoms with Crippen LogP contribution in [0.1, 0.15) is 24.2 Å². The molecule has 6 nitrogen and oxygen atoms in total. The molecule has 1 atom stereocenters. The quantitative estimate of drug-likeness (QED) is 0.858. The summed E-state index contributed by atoms with van der Waals surface area (Å²) in [7, 11) is 2.01. The molecule has 0 saturated carbocycles. The first-order valence-corrected chi connectivity index (χ1v) is 8.55. The molecular formula is C18H24N4O2. The number of ether oxygens (including phenoxy) is 2. The molecule has 0 bridgehead atoms. The molecule has 0 N–H and O–H groups in total. The summed E-state index contributed by atoms with van der Waals surface area (Å²) in [6.45, 7) is 5.63. The van der Waals surface area contributed by atoms with E-state index in [4.69, 9.17) is 9.47 Å². The van der Waals surface area contributed by atoms with Gasteiger partial charge in [-0.1, -0.05) is 6.07 Å². The highest BCUT2D eigenvalue weighted by atomic mass is 16.5. The molecule has 2 aromatic rings. The Kier molecular flexibility index (Phi) is 4.02. The van der Waals surface area contributed by atoms with Crippen LogP contribution in [-0.2, 0) is 18.3 Å². The van der Waals surface area contributed by atoms with Gasteiger partial charge in [-0.3, -0.25) is 9.58 Å². The number of aromatic nitrogens is 3. The fraction of sp³-hybridized carbons (Fsp3) is 0.556. The summed E-state index contributed by atoms with van der Waals surface area (Å²) in [5.74, 6) is 0.709. The second-order valence-electron chi connectivity index (χ2n) is 6.98. The first-order valence-electron chi connectivity index (χ1n) is 8.55. The van der Waals surface area contributed by atoms with Crippen LogP contribution in [0.5, 0.6) is 5.88 Å². The molecule has 2 fully saturated rings. The summed E-state index contributed by atoms with van der Waals surface area (Å²) in [5.41, 5.74) is 2.27. The Bertz CT molecular complexity index is 694. The monoisotopic (exact) mass is 328 g/mol. The minimum Gasteiger partial charge on any atom is -0.474 e. The third-order valence-corrected chi connectivity index (χ3v) is 4.88. The molecule has 24 heavy (non-hydrogen) atoms. The van der Waals surface area contributed by atoms with Crippen LogP contribution < -0.4 is 4.74 Å². The van der Waals surface area contributed by atoms with E-state index in [1.807, 2.05) is 36.9 Å². The van der Waals surface area contributed by atoms with E-state index in [-0.39, 0.29) is 11.7 Å². The minimum atomic E-state index is -0.0503. The number of likely N-dealkylation sites (tertiary alicyclic amines) is 1. The van der Waals surface area contributed by atoms with E-state index in [9.17, 15) is 0 Å². The van der Waals surface area contributed by atoms with Gasteiger partial charge in [0.1, 0.15) is 6.10 Å². The van der Waals surface area contributed by atoms with E-state index < -0.39 is 0 Å². The zero-order valence-corrected chi connectivity index (χ0v) is 14.3. The molecule has 4 rings (SSSR count). The average molecular weight is 328 g/mol. The van der Waals surface area contributed by atoms with Crippen LogP contribution in [0.25, 0.3) is 0 Å². The van der Waals surface area contributed by atoms with Gasteiger partial charge in [0, 0.05) is 51.8 Å². The van der Waals surface area contributed by atoms with Gasteiger partial charge in [-0.05, 0) is 19.1 Å². The average Bonchev–Trinajstić information content (AvgIpc) is 2.85. The molecular weight excluding hydrogens is 304 g/mol. The summed E-state index contributed by atoms with van der Waals surface area (Å²) in [6.07, 6.45) is 3.82. The first-order chi connectivity index (χ1) is 11.6. The Morgan fingerprint density at radius 1 is 1.38 bits per heavy atom. The second kappa shape index (κ2) is 6.18. The van der Waals surface area contributed by atoms with Crippen molar-refractivity contribution in [3.63, 3.8) is 0 Å². The van der Waals surface area contributed by atoms with E-state index >= 15 is 0 Å². The normalized spacial score (nSPS) is 23.2. The van der Waals surface area contributed by atoms with E-state index in [1.165, 1.54) is 5.69 Å². The Morgan fingerprint density at radius 3 is 2.96 bits per heavy atom. The third-order valence-electron chi connectivity index (χ3n) is 4.88. The molecule has 2 aliphatic heterocycles. The van der Waals surface area contributed by atoms with Crippen molar-refractivity contribution in [2.24, 2.45) is 7.05 Å². The van der Waals surface area contributed by atoms with Crippen molar-refractivity contribution in [3.05, 3.63) is 41.9 Å². The zero-order valence-electron chi connectivity index (χ0n) is 14.3. The number of pyridine rings is 1. The highest BCUT2D eigenvalue weighted by Crippen LogP contribution is 2.36. The molecule has 0 amide bonds. The predicted molar refractivity (Wildman–Crippen MR) is 89.8 cm³/mol. The fourth-order valence-corrected chi connectivity index (χ4v) is 3.81. The lowest BCUT2D eigenvalue weighted by Gasteiger charge is -2.53. The van der Waals surface area contributed by atoms with Crippen molar-refractivity contribution in [1.82, 2.24) is 19.7 Å². The Hall–Kier alpha value is -1.92. The van der Waals surface area contributed by atoms with Gasteiger partial charge in [-0.25, -0.2) is 4.98 Å². The molecule has 1 spiro atoms. The first kappa shape index (κ1) is 15.6. The van der Waals surface area contributed by atoms with E-state index in [0.717, 1.165) is 44.8 Å². The van der Waals surface area contributed by atoms with E-state index in [1.54, 1.807) is 6.20 Å². The predicted octanol–water partition coefficient (Wildman–Crippen LogP) is 1.94. The minimum absolute atomic E-state index is 0.0503. The van der Waals surface area contributed by atoms with E-state index in [2.05, 4.69) is 21.0 Å². The number of rotatable bonds is 4. The van der Waals surface area contributed by atoms with Gasteiger partial charge in [0.15, 0.2) is 0 Å². The van der Waals surface area contributed by atoms with E-state index in [0.29, 0.717) is 5.88 Å². The van der Waals surface area contributed by atoms with Crippen LogP contribution in [0.3, 0.4) is 0 Å². The van der Waals surface area contributed by atoms with Crippen molar-refractivity contribution in [1.29, 1.82) is 0 Å². The van der Waals surface area contributed by atoms with Gasteiger partial charge in [-0.2, -0.15) is 5.10 Å². The Morgan fingerprint density at radius 2 is 2.25 bits per heavy atom. The topological polar surface area (TPSA) is 52.4 Å². The highest BCUT2D eigenvalue weighted by Gasteiger charge is 2.48. The summed E-state index contributed by atoms with van der Waals surface area (Å²) in [5, 5.41) is 4.42. The number of hydrogen-bond donors (Lipinski definition) is 0. The molecule has 2 aliphatic rings. The van der Waals surface area contributed by atoms with Crippen LogP contribution >= 0.6 is 0 Å². The third kappa shape index (κ3) is 3.16. The summed E-state index contributed by atoms with van der Waals surface area (Å²) < 4.78 is 14.1. The molecule has 0 radical (unpaired) electrons. The van der Waals surface area contributed by atoms with Gasteiger partial charge >= 0.3 is 0 Å². The van der Waals surface area contributed by atoms with Gasteiger partial charge in [0.05, 0.1) is 23.6 Å². The van der Waals surface area contributed by atoms with Crippen molar-refractivity contribution in [3.8, 4) is 5.88 Å². The van der Waals surface area contributed by atoms with Crippen molar-refractivity contribution >= 4 is 0 Å². The van der Waals surface area contributed by atoms with Crippen molar-refractivity contribution < 1.29 is 9.47 Å². The van der Waals surface area contributed by atoms with Gasteiger partial charge in [0.2, 0.25) is 5.88 Å². The van der Waals surface area contributed by atoms with Crippen LogP contribution in [0.2, 0.25) is 0 Å². The zero-order chi connectivity index (χ0) is 16.6. The maximum atomic E-state index is 6.11. The smallest absolute Gasteiger partial charge is 0.213 e. The maximum absolute atomic E-state index is 6.11. The van der Waals surface area contributed by atoms with Crippen LogP contribution in [0, 0.1) is 6.92 Å². The lowest BCUT2D eigenvalue weighted by Crippen LogP contribution is -2.65. The maximum Gasteiger partial charge on any atom is 0.213 e. The lowest BCUT2D eigenvalue weighted by molar-refractivity contribution is -0.188. The fourth-order valence-electron chi connectivity index (χ4n) is 3.81. The summed E-state index contributed by atoms with van der Waals surface area (Å²) in [4.78, 5) is 6.68. The summed E-state index contributed by atoms with van der Waals surface area (Å²) >= 11 is 0. The second-order valence-corrected chi connectivity index (χ2v) is 6.98. The van der Waals surface area contributed by atoms with Crippen molar-refractivity contribution in [2.45, 2.75) is 38.0 Å². The molecule has 2 saturated heterocycles. The van der Waals surface area contributed by atoms with Crippen LogP contribution in [0.4, 0.5) is 0 Å². The van der Waals surface area contributed by atoms with Crippen molar-refractivity contribution in [2.75, 3.05) is 19.7 Å². The summed E-state index contributed by atoms with van der Waals surface area (Å²) in [6, 6.07) is 7.93. The van der Waals surface area contributed by atoms with Crippen LogP contribution in [-0.4, -0.2) is 51.1 Å². The van der Waals surface area contributed by atoms with Gasteiger partial charge < -0.3 is 9.47 Å². The molecule has 0 aliphatic carbocycles.